The van der Waals surface area contributed by atoms with Crippen molar-refractivity contribution in [2.75, 3.05) is 16.3 Å². The molecule has 0 bridgehead atoms. The molecule has 0 spiro atoms. The highest BCUT2D eigenvalue weighted by Gasteiger charge is 2.23. The largest absolute Gasteiger partial charge is 0.306 e. The number of carbonyl (C=O) groups is 2. The van der Waals surface area contributed by atoms with Gasteiger partial charge in [-0.2, -0.15) is 0 Å². The van der Waals surface area contributed by atoms with Crippen LogP contribution in [0.15, 0.2) is 84.9 Å². The van der Waals surface area contributed by atoms with Crippen molar-refractivity contribution in [3.63, 3.8) is 0 Å². The van der Waals surface area contributed by atoms with E-state index in [0.717, 1.165) is 11.3 Å². The molecule has 2 amide bonds. The Morgan fingerprint density at radius 1 is 0.786 bits per heavy atom. The van der Waals surface area contributed by atoms with Gasteiger partial charge in [-0.1, -0.05) is 72.3 Å². The molecule has 0 N–H and O–H groups in total. The summed E-state index contributed by atoms with van der Waals surface area (Å²) in [5.41, 5.74) is 2.31. The minimum atomic E-state index is -0.242. The first-order valence-electron chi connectivity index (χ1n) is 8.98. The van der Waals surface area contributed by atoms with Crippen molar-refractivity contribution >= 4 is 34.8 Å². The van der Waals surface area contributed by atoms with E-state index in [-0.39, 0.29) is 18.4 Å². The molecule has 0 aliphatic heterocycles. The van der Waals surface area contributed by atoms with Crippen LogP contribution in [-0.4, -0.2) is 18.4 Å². The Labute approximate surface area is 170 Å². The van der Waals surface area contributed by atoms with Crippen molar-refractivity contribution in [2.24, 2.45) is 0 Å². The molecule has 0 fully saturated rings. The molecule has 5 heteroatoms. The molecule has 3 aromatic carbocycles. The average Bonchev–Trinajstić information content (AvgIpc) is 2.72. The molecule has 0 aromatic heterocycles. The van der Waals surface area contributed by atoms with E-state index in [0.29, 0.717) is 17.3 Å². The molecule has 0 heterocycles. The van der Waals surface area contributed by atoms with Crippen LogP contribution in [0.4, 0.5) is 11.4 Å². The fourth-order valence-corrected chi connectivity index (χ4v) is 3.19. The Bertz CT molecular complexity index is 945. The van der Waals surface area contributed by atoms with Gasteiger partial charge in [-0.05, 0) is 29.8 Å². The molecule has 0 radical (unpaired) electrons. The summed E-state index contributed by atoms with van der Waals surface area (Å²) in [7, 11) is 0. The van der Waals surface area contributed by atoms with Gasteiger partial charge in [-0.25, -0.2) is 0 Å². The zero-order chi connectivity index (χ0) is 19.9. The quantitative estimate of drug-likeness (QED) is 0.597. The van der Waals surface area contributed by atoms with Gasteiger partial charge in [-0.3, -0.25) is 9.59 Å². The highest BCUT2D eigenvalue weighted by molar-refractivity contribution is 6.33. The zero-order valence-corrected chi connectivity index (χ0v) is 16.3. The summed E-state index contributed by atoms with van der Waals surface area (Å²) in [4.78, 5) is 28.6. The maximum Gasteiger partial charge on any atom is 0.247 e. The van der Waals surface area contributed by atoms with Gasteiger partial charge in [0.05, 0.1) is 17.3 Å². The zero-order valence-electron chi connectivity index (χ0n) is 15.6. The van der Waals surface area contributed by atoms with Crippen molar-refractivity contribution in [1.82, 2.24) is 0 Å². The monoisotopic (exact) mass is 392 g/mol. The average molecular weight is 393 g/mol. The molecule has 0 atom stereocenters. The van der Waals surface area contributed by atoms with Crippen molar-refractivity contribution in [3.8, 4) is 0 Å². The summed E-state index contributed by atoms with van der Waals surface area (Å²) in [6.07, 6.45) is 0. The second-order valence-electron chi connectivity index (χ2n) is 6.36. The third-order valence-corrected chi connectivity index (χ3v) is 4.69. The highest BCUT2D eigenvalue weighted by Crippen LogP contribution is 2.26. The van der Waals surface area contributed by atoms with E-state index in [2.05, 4.69) is 0 Å². The molecular weight excluding hydrogens is 372 g/mol. The first-order valence-corrected chi connectivity index (χ1v) is 9.36. The van der Waals surface area contributed by atoms with Crippen LogP contribution in [0.5, 0.6) is 0 Å². The van der Waals surface area contributed by atoms with Crippen LogP contribution in [0.2, 0.25) is 5.02 Å². The summed E-state index contributed by atoms with van der Waals surface area (Å²) in [5, 5.41) is 0.430. The van der Waals surface area contributed by atoms with Crippen LogP contribution < -0.4 is 9.80 Å². The van der Waals surface area contributed by atoms with E-state index in [4.69, 9.17) is 11.6 Å². The lowest BCUT2D eigenvalue weighted by Gasteiger charge is -2.28. The molecule has 142 valence electrons. The lowest BCUT2D eigenvalue weighted by Crippen LogP contribution is -2.42. The molecule has 3 aromatic rings. The Morgan fingerprint density at radius 2 is 1.36 bits per heavy atom. The number of benzene rings is 3. The van der Waals surface area contributed by atoms with Crippen LogP contribution in [0.3, 0.4) is 0 Å². The van der Waals surface area contributed by atoms with E-state index in [1.807, 2.05) is 60.7 Å². The smallest absolute Gasteiger partial charge is 0.247 e. The van der Waals surface area contributed by atoms with E-state index >= 15 is 0 Å². The van der Waals surface area contributed by atoms with Crippen LogP contribution in [0.1, 0.15) is 12.5 Å². The fraction of sp³-hybridized carbons (Fsp3) is 0.130. The number of hydrogen-bond donors (Lipinski definition) is 0. The number of para-hydroxylation sites is 2. The van der Waals surface area contributed by atoms with Crippen molar-refractivity contribution in [3.05, 3.63) is 95.5 Å². The van der Waals surface area contributed by atoms with Gasteiger partial charge in [0.15, 0.2) is 0 Å². The summed E-state index contributed by atoms with van der Waals surface area (Å²) in [6, 6.07) is 26.2. The Morgan fingerprint density at radius 3 is 1.96 bits per heavy atom. The van der Waals surface area contributed by atoms with E-state index in [1.54, 1.807) is 29.2 Å². The molecule has 0 aliphatic carbocycles. The second kappa shape index (κ2) is 9.20. The normalized spacial score (nSPS) is 10.4. The van der Waals surface area contributed by atoms with Crippen molar-refractivity contribution in [2.45, 2.75) is 13.5 Å². The maximum absolute atomic E-state index is 13.2. The number of rotatable bonds is 6. The third-order valence-electron chi connectivity index (χ3n) is 4.37. The standard InChI is InChI=1S/C23H21ClN2O2/c1-18(27)25(22-15-9-8-14-21(22)24)17-23(28)26(20-12-6-3-7-13-20)16-19-10-4-2-5-11-19/h2-15H,16-17H2,1H3. The third kappa shape index (κ3) is 4.78. The number of nitrogens with zero attached hydrogens (tertiary/aromatic N) is 2. The maximum atomic E-state index is 13.2. The van der Waals surface area contributed by atoms with Crippen molar-refractivity contribution < 1.29 is 9.59 Å². The van der Waals surface area contributed by atoms with Crippen LogP contribution in [-0.2, 0) is 16.1 Å². The van der Waals surface area contributed by atoms with Gasteiger partial charge in [0, 0.05) is 12.6 Å². The topological polar surface area (TPSA) is 40.6 Å². The Balaban J connectivity index is 1.90. The van der Waals surface area contributed by atoms with Gasteiger partial charge in [-0.15, -0.1) is 0 Å². The lowest BCUT2D eigenvalue weighted by molar-refractivity contribution is -0.121. The lowest BCUT2D eigenvalue weighted by atomic mass is 10.2. The van der Waals surface area contributed by atoms with Gasteiger partial charge in [0.25, 0.3) is 0 Å². The first kappa shape index (κ1) is 19.6. The fourth-order valence-electron chi connectivity index (χ4n) is 2.95. The number of halogens is 1. The minimum absolute atomic E-state index is 0.0964. The summed E-state index contributed by atoms with van der Waals surface area (Å²) in [5.74, 6) is -0.431. The Hall–Kier alpha value is -3.11. The van der Waals surface area contributed by atoms with Crippen LogP contribution in [0.25, 0.3) is 0 Å². The molecule has 0 unspecified atom stereocenters. The molecule has 3 rings (SSSR count). The minimum Gasteiger partial charge on any atom is -0.306 e. The Kier molecular flexibility index (Phi) is 6.45. The second-order valence-corrected chi connectivity index (χ2v) is 6.76. The molecule has 0 saturated heterocycles. The molecule has 28 heavy (non-hydrogen) atoms. The summed E-state index contributed by atoms with van der Waals surface area (Å²) >= 11 is 6.25. The first-order chi connectivity index (χ1) is 13.6. The number of amides is 2. The number of anilines is 2. The molecule has 0 saturated carbocycles. The van der Waals surface area contributed by atoms with Crippen LogP contribution >= 0.6 is 11.6 Å². The van der Waals surface area contributed by atoms with Gasteiger partial charge >= 0.3 is 0 Å². The van der Waals surface area contributed by atoms with Gasteiger partial charge in [0.1, 0.15) is 6.54 Å². The number of hydrogen-bond acceptors (Lipinski definition) is 2. The predicted octanol–water partition coefficient (Wildman–Crippen LogP) is 4.93. The summed E-state index contributed by atoms with van der Waals surface area (Å²) < 4.78 is 0. The van der Waals surface area contributed by atoms with Gasteiger partial charge in [0.2, 0.25) is 11.8 Å². The van der Waals surface area contributed by atoms with E-state index in [9.17, 15) is 9.59 Å². The SMILES string of the molecule is CC(=O)N(CC(=O)N(Cc1ccccc1)c1ccccc1)c1ccccc1Cl. The number of carbonyl (C=O) groups excluding carboxylic acids is 2. The predicted molar refractivity (Wildman–Crippen MR) is 114 cm³/mol. The van der Waals surface area contributed by atoms with Crippen LogP contribution in [0, 0.1) is 0 Å². The molecule has 0 aliphatic rings. The molecule has 4 nitrogen and oxygen atoms in total. The van der Waals surface area contributed by atoms with Gasteiger partial charge < -0.3 is 9.80 Å². The van der Waals surface area contributed by atoms with E-state index < -0.39 is 0 Å². The van der Waals surface area contributed by atoms with E-state index in [1.165, 1.54) is 11.8 Å². The highest BCUT2D eigenvalue weighted by atomic mass is 35.5. The van der Waals surface area contributed by atoms with Crippen molar-refractivity contribution in [1.29, 1.82) is 0 Å². The summed E-state index contributed by atoms with van der Waals surface area (Å²) in [6.45, 7) is 1.75. The molecular formula is C23H21ClN2O2.